The predicted molar refractivity (Wildman–Crippen MR) is 60.2 cm³/mol. The molecule has 2 amide bonds. The quantitative estimate of drug-likeness (QED) is 0.790. The molecule has 1 N–H and O–H groups in total. The van der Waals surface area contributed by atoms with E-state index in [0.717, 1.165) is 6.42 Å². The lowest BCUT2D eigenvalue weighted by molar-refractivity contribution is -0.141. The molecular weight excluding hydrogens is 208 g/mol. The number of carbonyl (C=O) groups is 2. The average Bonchev–Trinajstić information content (AvgIpc) is 2.63. The fraction of sp³-hybridized carbons (Fsp3) is 0.818. The molecule has 0 aliphatic carbocycles. The molecule has 16 heavy (non-hydrogen) atoms. The number of aliphatic carboxylic acids is 1. The molecule has 0 saturated carbocycles. The second kappa shape index (κ2) is 5.18. The zero-order chi connectivity index (χ0) is 12.3. The first-order chi connectivity index (χ1) is 7.43. The summed E-state index contributed by atoms with van der Waals surface area (Å²) < 4.78 is 0. The third-order valence-corrected chi connectivity index (χ3v) is 2.75. The molecule has 0 aromatic rings. The Balaban J connectivity index is 2.62. The standard InChI is InChI=1S/C11H20N2O3/c1-8(2)7-12(3)11(16)13-6-4-5-9(13)10(14)15/h8-9H,4-7H2,1-3H3,(H,14,15)/t9-/m0/s1. The SMILES string of the molecule is CC(C)CN(C)C(=O)N1CCC[C@H]1C(=O)O. The van der Waals surface area contributed by atoms with Crippen LogP contribution in [-0.4, -0.2) is 53.1 Å². The van der Waals surface area contributed by atoms with E-state index in [-0.39, 0.29) is 6.03 Å². The van der Waals surface area contributed by atoms with Gasteiger partial charge in [0.1, 0.15) is 6.04 Å². The number of amides is 2. The molecule has 92 valence electrons. The lowest BCUT2D eigenvalue weighted by Crippen LogP contribution is -2.47. The third-order valence-electron chi connectivity index (χ3n) is 2.75. The predicted octanol–water partition coefficient (Wildman–Crippen LogP) is 1.24. The second-order valence-electron chi connectivity index (χ2n) is 4.75. The van der Waals surface area contributed by atoms with E-state index in [9.17, 15) is 9.59 Å². The normalized spacial score (nSPS) is 20.2. The summed E-state index contributed by atoms with van der Waals surface area (Å²) in [6.45, 7) is 5.27. The molecule has 1 fully saturated rings. The number of rotatable bonds is 3. The van der Waals surface area contributed by atoms with Crippen LogP contribution in [0.5, 0.6) is 0 Å². The van der Waals surface area contributed by atoms with E-state index < -0.39 is 12.0 Å². The lowest BCUT2D eigenvalue weighted by atomic mass is 10.2. The maximum atomic E-state index is 12.0. The summed E-state index contributed by atoms with van der Waals surface area (Å²) in [4.78, 5) is 26.0. The molecule has 1 aliphatic rings. The van der Waals surface area contributed by atoms with Crippen LogP contribution in [-0.2, 0) is 4.79 Å². The second-order valence-corrected chi connectivity index (χ2v) is 4.75. The highest BCUT2D eigenvalue weighted by Gasteiger charge is 2.35. The molecule has 1 heterocycles. The van der Waals surface area contributed by atoms with Crippen molar-refractivity contribution in [2.24, 2.45) is 5.92 Å². The molecule has 1 saturated heterocycles. The van der Waals surface area contributed by atoms with Crippen LogP contribution in [0.25, 0.3) is 0 Å². The van der Waals surface area contributed by atoms with Gasteiger partial charge in [-0.3, -0.25) is 0 Å². The monoisotopic (exact) mass is 228 g/mol. The number of hydrogen-bond acceptors (Lipinski definition) is 2. The van der Waals surface area contributed by atoms with Crippen LogP contribution >= 0.6 is 0 Å². The minimum atomic E-state index is -0.899. The molecule has 5 heteroatoms. The molecule has 0 spiro atoms. The van der Waals surface area contributed by atoms with Gasteiger partial charge in [0.05, 0.1) is 0 Å². The first-order valence-electron chi connectivity index (χ1n) is 5.68. The van der Waals surface area contributed by atoms with Crippen LogP contribution in [0.2, 0.25) is 0 Å². The van der Waals surface area contributed by atoms with Crippen molar-refractivity contribution in [3.05, 3.63) is 0 Å². The van der Waals surface area contributed by atoms with Crippen molar-refractivity contribution in [3.8, 4) is 0 Å². The Bertz CT molecular complexity index is 278. The van der Waals surface area contributed by atoms with E-state index in [1.165, 1.54) is 4.90 Å². The van der Waals surface area contributed by atoms with E-state index in [0.29, 0.717) is 25.4 Å². The van der Waals surface area contributed by atoms with Gasteiger partial charge in [0.2, 0.25) is 0 Å². The number of carboxylic acids is 1. The Hall–Kier alpha value is -1.26. The van der Waals surface area contributed by atoms with Crippen molar-refractivity contribution < 1.29 is 14.7 Å². The number of carboxylic acid groups (broad SMARTS) is 1. The molecule has 0 aromatic heterocycles. The van der Waals surface area contributed by atoms with Crippen LogP contribution in [0.15, 0.2) is 0 Å². The van der Waals surface area contributed by atoms with E-state index in [1.807, 2.05) is 13.8 Å². The van der Waals surface area contributed by atoms with Crippen LogP contribution in [0.3, 0.4) is 0 Å². The Labute approximate surface area is 96.0 Å². The van der Waals surface area contributed by atoms with Gasteiger partial charge in [0, 0.05) is 20.1 Å². The van der Waals surface area contributed by atoms with Crippen LogP contribution in [0.4, 0.5) is 4.79 Å². The third kappa shape index (κ3) is 2.87. The number of carbonyl (C=O) groups excluding carboxylic acids is 1. The maximum Gasteiger partial charge on any atom is 0.326 e. The number of nitrogens with zero attached hydrogens (tertiary/aromatic N) is 2. The van der Waals surface area contributed by atoms with E-state index in [4.69, 9.17) is 5.11 Å². The van der Waals surface area contributed by atoms with Gasteiger partial charge in [-0.25, -0.2) is 9.59 Å². The number of urea groups is 1. The molecule has 0 bridgehead atoms. The molecule has 1 aliphatic heterocycles. The summed E-state index contributed by atoms with van der Waals surface area (Å²) >= 11 is 0. The minimum absolute atomic E-state index is 0.168. The summed E-state index contributed by atoms with van der Waals surface area (Å²) in [6.07, 6.45) is 1.34. The zero-order valence-electron chi connectivity index (χ0n) is 10.1. The first kappa shape index (κ1) is 12.8. The van der Waals surface area contributed by atoms with Crippen molar-refractivity contribution in [1.82, 2.24) is 9.80 Å². The smallest absolute Gasteiger partial charge is 0.326 e. The van der Waals surface area contributed by atoms with Crippen LogP contribution < -0.4 is 0 Å². The minimum Gasteiger partial charge on any atom is -0.480 e. The molecule has 0 radical (unpaired) electrons. The highest BCUT2D eigenvalue weighted by atomic mass is 16.4. The van der Waals surface area contributed by atoms with Crippen molar-refractivity contribution in [2.45, 2.75) is 32.7 Å². The molecule has 0 unspecified atom stereocenters. The zero-order valence-corrected chi connectivity index (χ0v) is 10.1. The van der Waals surface area contributed by atoms with E-state index in [2.05, 4.69) is 0 Å². The Morgan fingerprint density at radius 3 is 2.62 bits per heavy atom. The maximum absolute atomic E-state index is 12.0. The summed E-state index contributed by atoms with van der Waals surface area (Å²) in [5, 5.41) is 8.98. The lowest BCUT2D eigenvalue weighted by Gasteiger charge is -2.28. The molecule has 1 rings (SSSR count). The van der Waals surface area contributed by atoms with Crippen molar-refractivity contribution in [3.63, 3.8) is 0 Å². The van der Waals surface area contributed by atoms with Crippen molar-refractivity contribution in [2.75, 3.05) is 20.1 Å². The van der Waals surface area contributed by atoms with Gasteiger partial charge in [-0.15, -0.1) is 0 Å². The number of likely N-dealkylation sites (tertiary alicyclic amines) is 1. The van der Waals surface area contributed by atoms with Gasteiger partial charge in [0.15, 0.2) is 0 Å². The Kier molecular flexibility index (Phi) is 4.15. The average molecular weight is 228 g/mol. The molecule has 5 nitrogen and oxygen atoms in total. The number of hydrogen-bond donors (Lipinski definition) is 1. The highest BCUT2D eigenvalue weighted by molar-refractivity contribution is 5.83. The first-order valence-corrected chi connectivity index (χ1v) is 5.68. The van der Waals surface area contributed by atoms with Gasteiger partial charge < -0.3 is 14.9 Å². The van der Waals surface area contributed by atoms with Crippen LogP contribution in [0, 0.1) is 5.92 Å². The Morgan fingerprint density at radius 2 is 2.12 bits per heavy atom. The fourth-order valence-corrected chi connectivity index (χ4v) is 2.10. The summed E-state index contributed by atoms with van der Waals surface area (Å²) in [5.41, 5.74) is 0. The summed E-state index contributed by atoms with van der Waals surface area (Å²) in [6, 6.07) is -0.805. The molecule has 1 atom stereocenters. The van der Waals surface area contributed by atoms with Gasteiger partial charge >= 0.3 is 12.0 Å². The summed E-state index contributed by atoms with van der Waals surface area (Å²) in [5.74, 6) is -0.511. The van der Waals surface area contributed by atoms with Gasteiger partial charge in [-0.05, 0) is 18.8 Å². The van der Waals surface area contributed by atoms with Crippen LogP contribution in [0.1, 0.15) is 26.7 Å². The van der Waals surface area contributed by atoms with E-state index in [1.54, 1.807) is 11.9 Å². The highest BCUT2D eigenvalue weighted by Crippen LogP contribution is 2.19. The Morgan fingerprint density at radius 1 is 1.50 bits per heavy atom. The van der Waals surface area contributed by atoms with Gasteiger partial charge in [-0.2, -0.15) is 0 Å². The van der Waals surface area contributed by atoms with Gasteiger partial charge in [-0.1, -0.05) is 13.8 Å². The van der Waals surface area contributed by atoms with Crippen molar-refractivity contribution >= 4 is 12.0 Å². The fourth-order valence-electron chi connectivity index (χ4n) is 2.10. The largest absolute Gasteiger partial charge is 0.480 e. The summed E-state index contributed by atoms with van der Waals surface area (Å²) in [7, 11) is 1.72. The topological polar surface area (TPSA) is 60.9 Å². The van der Waals surface area contributed by atoms with Gasteiger partial charge in [0.25, 0.3) is 0 Å². The van der Waals surface area contributed by atoms with E-state index >= 15 is 0 Å². The molecule has 0 aromatic carbocycles. The molecular formula is C11H20N2O3. The van der Waals surface area contributed by atoms with Crippen molar-refractivity contribution in [1.29, 1.82) is 0 Å².